The van der Waals surface area contributed by atoms with E-state index in [2.05, 4.69) is 17.0 Å². The molecule has 0 radical (unpaired) electrons. The lowest BCUT2D eigenvalue weighted by Crippen LogP contribution is -2.37. The fraction of sp³-hybridized carbons (Fsp3) is 0.0833. The summed E-state index contributed by atoms with van der Waals surface area (Å²) in [5, 5.41) is 16.5. The Bertz CT molecular complexity index is 568. The number of hydrogen-bond acceptors (Lipinski definition) is 5. The first kappa shape index (κ1) is 15.0. The van der Waals surface area contributed by atoms with Crippen molar-refractivity contribution in [1.82, 2.24) is 10.7 Å². The number of rotatable bonds is 5. The Kier molecular flexibility index (Phi) is 5.57. The largest absolute Gasteiger partial charge is 0.344 e. The highest BCUT2D eigenvalue weighted by molar-refractivity contribution is 6.35. The Labute approximate surface area is 114 Å². The van der Waals surface area contributed by atoms with Gasteiger partial charge in [-0.15, -0.1) is 6.58 Å². The van der Waals surface area contributed by atoms with Gasteiger partial charge in [-0.25, -0.2) is 5.43 Å². The zero-order valence-electron chi connectivity index (χ0n) is 10.4. The van der Waals surface area contributed by atoms with Crippen molar-refractivity contribution in [2.75, 3.05) is 6.54 Å². The van der Waals surface area contributed by atoms with Crippen LogP contribution in [0.25, 0.3) is 0 Å². The molecule has 8 nitrogen and oxygen atoms in total. The molecule has 1 rings (SSSR count). The van der Waals surface area contributed by atoms with Crippen LogP contribution >= 0.6 is 0 Å². The van der Waals surface area contributed by atoms with Crippen molar-refractivity contribution >= 4 is 23.7 Å². The number of nitrogens with one attached hydrogen (secondary N) is 2. The molecule has 0 spiro atoms. The van der Waals surface area contributed by atoms with Crippen molar-refractivity contribution < 1.29 is 14.5 Å². The highest BCUT2D eigenvalue weighted by atomic mass is 16.6. The molecule has 2 amide bonds. The van der Waals surface area contributed by atoms with Crippen molar-refractivity contribution in [3.63, 3.8) is 0 Å². The molecule has 0 saturated carbocycles. The molecule has 0 bridgehead atoms. The van der Waals surface area contributed by atoms with Crippen molar-refractivity contribution in [1.29, 1.82) is 0 Å². The van der Waals surface area contributed by atoms with E-state index < -0.39 is 16.7 Å². The molecule has 1 aromatic rings. The molecule has 1 aromatic carbocycles. The summed E-state index contributed by atoms with van der Waals surface area (Å²) in [6.45, 7) is 3.53. The van der Waals surface area contributed by atoms with Gasteiger partial charge in [0.2, 0.25) is 0 Å². The maximum Gasteiger partial charge on any atom is 0.329 e. The van der Waals surface area contributed by atoms with Crippen LogP contribution in [0.2, 0.25) is 0 Å². The summed E-state index contributed by atoms with van der Waals surface area (Å²) in [5.41, 5.74) is 2.03. The predicted molar refractivity (Wildman–Crippen MR) is 72.0 cm³/mol. The fourth-order valence-corrected chi connectivity index (χ4v) is 1.22. The first-order chi connectivity index (χ1) is 9.56. The van der Waals surface area contributed by atoms with Crippen LogP contribution in [0.4, 0.5) is 5.69 Å². The van der Waals surface area contributed by atoms with Crippen molar-refractivity contribution in [2.24, 2.45) is 5.10 Å². The average Bonchev–Trinajstić information content (AvgIpc) is 2.44. The quantitative estimate of drug-likeness (QED) is 0.265. The number of benzene rings is 1. The van der Waals surface area contributed by atoms with Crippen LogP contribution in [-0.2, 0) is 9.59 Å². The summed E-state index contributed by atoms with van der Waals surface area (Å²) in [4.78, 5) is 32.6. The van der Waals surface area contributed by atoms with Gasteiger partial charge in [0.1, 0.15) is 0 Å². The SMILES string of the molecule is C=CCNC(=O)C(=O)N/N=C\c1ccccc1[N+](=O)[O-]. The van der Waals surface area contributed by atoms with Crippen LogP contribution in [-0.4, -0.2) is 29.5 Å². The van der Waals surface area contributed by atoms with E-state index in [4.69, 9.17) is 0 Å². The number of nitrogens with zero attached hydrogens (tertiary/aromatic N) is 2. The second kappa shape index (κ2) is 7.41. The van der Waals surface area contributed by atoms with E-state index >= 15 is 0 Å². The summed E-state index contributed by atoms with van der Waals surface area (Å²) in [7, 11) is 0. The zero-order chi connectivity index (χ0) is 15.0. The topological polar surface area (TPSA) is 114 Å². The smallest absolute Gasteiger partial charge is 0.329 e. The highest BCUT2D eigenvalue weighted by Gasteiger charge is 2.12. The molecule has 0 atom stereocenters. The fourth-order valence-electron chi connectivity index (χ4n) is 1.22. The van der Waals surface area contributed by atoms with Gasteiger partial charge in [0.05, 0.1) is 16.7 Å². The third-order valence-electron chi connectivity index (χ3n) is 2.12. The monoisotopic (exact) mass is 276 g/mol. The molecule has 104 valence electrons. The molecule has 0 unspecified atom stereocenters. The summed E-state index contributed by atoms with van der Waals surface area (Å²) in [6.07, 6.45) is 2.51. The second-order valence-electron chi connectivity index (χ2n) is 3.51. The van der Waals surface area contributed by atoms with Gasteiger partial charge in [0.25, 0.3) is 5.69 Å². The lowest BCUT2D eigenvalue weighted by molar-refractivity contribution is -0.385. The van der Waals surface area contributed by atoms with E-state index in [1.54, 1.807) is 6.07 Å². The molecule has 0 aliphatic carbocycles. The first-order valence-corrected chi connectivity index (χ1v) is 5.51. The van der Waals surface area contributed by atoms with E-state index in [0.717, 1.165) is 6.21 Å². The van der Waals surface area contributed by atoms with Gasteiger partial charge in [-0.05, 0) is 6.07 Å². The molecular formula is C12H12N4O4. The maximum atomic E-state index is 11.3. The van der Waals surface area contributed by atoms with Crippen LogP contribution in [0.5, 0.6) is 0 Å². The number of nitro groups is 1. The normalized spacial score (nSPS) is 10.0. The molecule has 8 heteroatoms. The van der Waals surface area contributed by atoms with Gasteiger partial charge in [-0.3, -0.25) is 19.7 Å². The minimum atomic E-state index is -0.971. The van der Waals surface area contributed by atoms with Gasteiger partial charge < -0.3 is 5.32 Å². The predicted octanol–water partition coefficient (Wildman–Crippen LogP) is 0.347. The molecular weight excluding hydrogens is 264 g/mol. The van der Waals surface area contributed by atoms with Crippen LogP contribution in [0.15, 0.2) is 42.0 Å². The Balaban J connectivity index is 2.66. The van der Waals surface area contributed by atoms with Crippen molar-refractivity contribution in [3.05, 3.63) is 52.6 Å². The standard InChI is InChI=1S/C12H12N4O4/c1-2-7-13-11(17)12(18)15-14-8-9-5-3-4-6-10(9)16(19)20/h2-6,8H,1,7H2,(H,13,17)(H,15,18)/b14-8-. The van der Waals surface area contributed by atoms with Gasteiger partial charge in [-0.2, -0.15) is 5.10 Å². The lowest BCUT2D eigenvalue weighted by atomic mass is 10.2. The van der Waals surface area contributed by atoms with Crippen LogP contribution in [0.1, 0.15) is 5.56 Å². The van der Waals surface area contributed by atoms with Crippen molar-refractivity contribution in [3.8, 4) is 0 Å². The average molecular weight is 276 g/mol. The minimum absolute atomic E-state index is 0.151. The number of carbonyl (C=O) groups is 2. The number of amides is 2. The Morgan fingerprint density at radius 1 is 1.35 bits per heavy atom. The lowest BCUT2D eigenvalue weighted by Gasteiger charge is -2.00. The number of carbonyl (C=O) groups excluding carboxylic acids is 2. The van der Waals surface area contributed by atoms with E-state index in [0.29, 0.717) is 0 Å². The van der Waals surface area contributed by atoms with Gasteiger partial charge in [-0.1, -0.05) is 18.2 Å². The van der Waals surface area contributed by atoms with Gasteiger partial charge in [0.15, 0.2) is 0 Å². The summed E-state index contributed by atoms with van der Waals surface area (Å²) >= 11 is 0. The third kappa shape index (κ3) is 4.33. The van der Waals surface area contributed by atoms with Crippen LogP contribution in [0, 0.1) is 10.1 Å². The Hall–Kier alpha value is -3.03. The minimum Gasteiger partial charge on any atom is -0.344 e. The highest BCUT2D eigenvalue weighted by Crippen LogP contribution is 2.14. The van der Waals surface area contributed by atoms with E-state index in [9.17, 15) is 19.7 Å². The Morgan fingerprint density at radius 2 is 2.05 bits per heavy atom. The number of hydrogen-bond donors (Lipinski definition) is 2. The van der Waals surface area contributed by atoms with Gasteiger partial charge in [0, 0.05) is 12.6 Å². The molecule has 0 heterocycles. The van der Waals surface area contributed by atoms with E-state index in [1.165, 1.54) is 24.3 Å². The summed E-state index contributed by atoms with van der Waals surface area (Å²) in [6, 6.07) is 5.87. The number of hydrazone groups is 1. The number of nitro benzene ring substituents is 1. The van der Waals surface area contributed by atoms with Crippen molar-refractivity contribution in [2.45, 2.75) is 0 Å². The van der Waals surface area contributed by atoms with E-state index in [-0.39, 0.29) is 17.8 Å². The molecule has 20 heavy (non-hydrogen) atoms. The number of para-hydroxylation sites is 1. The molecule has 0 fully saturated rings. The third-order valence-corrected chi connectivity index (χ3v) is 2.12. The molecule has 2 N–H and O–H groups in total. The van der Waals surface area contributed by atoms with E-state index in [1.807, 2.05) is 5.43 Å². The molecule has 0 aromatic heterocycles. The van der Waals surface area contributed by atoms with Gasteiger partial charge >= 0.3 is 11.8 Å². The zero-order valence-corrected chi connectivity index (χ0v) is 10.4. The Morgan fingerprint density at radius 3 is 2.70 bits per heavy atom. The summed E-state index contributed by atoms with van der Waals surface area (Å²) in [5.74, 6) is -1.84. The molecule has 0 saturated heterocycles. The summed E-state index contributed by atoms with van der Waals surface area (Å²) < 4.78 is 0. The molecule has 0 aliphatic rings. The van der Waals surface area contributed by atoms with Crippen LogP contribution < -0.4 is 10.7 Å². The first-order valence-electron chi connectivity index (χ1n) is 5.51. The van der Waals surface area contributed by atoms with Crippen LogP contribution in [0.3, 0.4) is 0 Å². The molecule has 0 aliphatic heterocycles. The maximum absolute atomic E-state index is 11.3. The second-order valence-corrected chi connectivity index (χ2v) is 3.51.